The molecule has 0 fully saturated rings. The Morgan fingerprint density at radius 1 is 1.30 bits per heavy atom. The number of carbonyl (C=O) groups excluding carboxylic acids is 1. The Morgan fingerprint density at radius 2 is 2.04 bits per heavy atom. The fourth-order valence-corrected chi connectivity index (χ4v) is 3.03. The van der Waals surface area contributed by atoms with E-state index in [1.807, 2.05) is 24.3 Å². The van der Waals surface area contributed by atoms with Gasteiger partial charge in [0.2, 0.25) is 5.91 Å². The molecule has 1 N–H and O–H groups in total. The number of pyridine rings is 1. The van der Waals surface area contributed by atoms with Gasteiger partial charge in [0.05, 0.1) is 12.5 Å². The zero-order valence-corrected chi connectivity index (χ0v) is 13.8. The molecule has 0 aliphatic carbocycles. The van der Waals surface area contributed by atoms with E-state index in [1.54, 1.807) is 12.4 Å². The molecular weight excluding hydrogens is 288 g/mol. The van der Waals surface area contributed by atoms with Gasteiger partial charge in [0, 0.05) is 24.4 Å². The summed E-state index contributed by atoms with van der Waals surface area (Å²) in [7, 11) is 0. The lowest BCUT2D eigenvalue weighted by Gasteiger charge is -2.38. The number of benzene rings is 1. The third-order valence-electron chi connectivity index (χ3n) is 4.07. The van der Waals surface area contributed by atoms with Crippen LogP contribution >= 0.6 is 0 Å². The largest absolute Gasteiger partial charge is 0.487 e. The van der Waals surface area contributed by atoms with Crippen molar-refractivity contribution in [2.45, 2.75) is 45.3 Å². The lowest BCUT2D eigenvalue weighted by atomic mass is 9.89. The Balaban J connectivity index is 1.79. The van der Waals surface area contributed by atoms with Gasteiger partial charge in [-0.05, 0) is 44.5 Å². The van der Waals surface area contributed by atoms with Crippen molar-refractivity contribution in [2.75, 3.05) is 0 Å². The summed E-state index contributed by atoms with van der Waals surface area (Å²) in [5.41, 5.74) is 2.90. The molecule has 3 rings (SSSR count). The van der Waals surface area contributed by atoms with E-state index >= 15 is 0 Å². The standard InChI is InChI=1S/C19H22N2O2/c1-13-4-5-17-15(10-13)16(12-19(2,3)23-17)21-18(22)11-14-6-8-20-9-7-14/h4-10,16H,11-12H2,1-3H3,(H,21,22)/t16-/m0/s1. The Bertz CT molecular complexity index is 711. The van der Waals surface area contributed by atoms with Gasteiger partial charge in [0.1, 0.15) is 11.4 Å². The van der Waals surface area contributed by atoms with Crippen LogP contribution in [0.25, 0.3) is 0 Å². The number of aromatic nitrogens is 1. The SMILES string of the molecule is Cc1ccc2c(c1)[C@@H](NC(=O)Cc1ccncc1)CC(C)(C)O2. The van der Waals surface area contributed by atoms with Crippen LogP contribution in [-0.2, 0) is 11.2 Å². The molecule has 1 aromatic heterocycles. The first-order valence-electron chi connectivity index (χ1n) is 7.91. The number of nitrogens with zero attached hydrogens (tertiary/aromatic N) is 1. The molecule has 4 nitrogen and oxygen atoms in total. The predicted octanol–water partition coefficient (Wildman–Crippen LogP) is 3.35. The number of amides is 1. The highest BCUT2D eigenvalue weighted by atomic mass is 16.5. The molecule has 2 aromatic rings. The van der Waals surface area contributed by atoms with E-state index in [0.29, 0.717) is 6.42 Å². The quantitative estimate of drug-likeness (QED) is 0.946. The van der Waals surface area contributed by atoms with Gasteiger partial charge >= 0.3 is 0 Å². The molecule has 1 aromatic carbocycles. The van der Waals surface area contributed by atoms with Gasteiger partial charge in [-0.25, -0.2) is 0 Å². The van der Waals surface area contributed by atoms with Gasteiger partial charge in [-0.1, -0.05) is 17.7 Å². The fraction of sp³-hybridized carbons (Fsp3) is 0.368. The molecule has 23 heavy (non-hydrogen) atoms. The summed E-state index contributed by atoms with van der Waals surface area (Å²) < 4.78 is 6.04. The Morgan fingerprint density at radius 3 is 2.78 bits per heavy atom. The number of ether oxygens (including phenoxy) is 1. The van der Waals surface area contributed by atoms with Crippen LogP contribution in [0.3, 0.4) is 0 Å². The van der Waals surface area contributed by atoms with Gasteiger partial charge in [0.15, 0.2) is 0 Å². The summed E-state index contributed by atoms with van der Waals surface area (Å²) in [5.74, 6) is 0.882. The first kappa shape index (κ1) is 15.5. The van der Waals surface area contributed by atoms with E-state index in [-0.39, 0.29) is 17.6 Å². The van der Waals surface area contributed by atoms with Crippen molar-refractivity contribution in [3.8, 4) is 5.75 Å². The highest BCUT2D eigenvalue weighted by Gasteiger charge is 2.34. The van der Waals surface area contributed by atoms with E-state index in [2.05, 4.69) is 37.1 Å². The summed E-state index contributed by atoms with van der Waals surface area (Å²) in [5, 5.41) is 3.17. The fourth-order valence-electron chi connectivity index (χ4n) is 3.03. The normalized spacial score (nSPS) is 18.7. The number of nitrogens with one attached hydrogen (secondary N) is 1. The lowest BCUT2D eigenvalue weighted by molar-refractivity contribution is -0.121. The van der Waals surface area contributed by atoms with Crippen molar-refractivity contribution in [1.29, 1.82) is 0 Å². The van der Waals surface area contributed by atoms with Crippen molar-refractivity contribution >= 4 is 5.91 Å². The molecule has 120 valence electrons. The minimum atomic E-state index is -0.295. The van der Waals surface area contributed by atoms with Crippen LogP contribution in [0.4, 0.5) is 0 Å². The zero-order chi connectivity index (χ0) is 16.4. The van der Waals surface area contributed by atoms with Crippen LogP contribution in [0, 0.1) is 6.92 Å². The van der Waals surface area contributed by atoms with Crippen molar-refractivity contribution in [2.24, 2.45) is 0 Å². The number of fused-ring (bicyclic) bond motifs is 1. The topological polar surface area (TPSA) is 51.2 Å². The molecule has 2 heterocycles. The molecule has 0 radical (unpaired) electrons. The second kappa shape index (κ2) is 6.03. The maximum Gasteiger partial charge on any atom is 0.224 e. The second-order valence-corrected chi connectivity index (χ2v) is 6.76. The van der Waals surface area contributed by atoms with Crippen LogP contribution in [0.2, 0.25) is 0 Å². The molecule has 1 atom stereocenters. The number of hydrogen-bond acceptors (Lipinski definition) is 3. The molecule has 0 unspecified atom stereocenters. The van der Waals surface area contributed by atoms with Crippen LogP contribution in [0.1, 0.15) is 43.0 Å². The highest BCUT2D eigenvalue weighted by molar-refractivity contribution is 5.79. The van der Waals surface area contributed by atoms with Crippen molar-refractivity contribution in [3.63, 3.8) is 0 Å². The third kappa shape index (κ3) is 3.70. The average Bonchev–Trinajstić information content (AvgIpc) is 2.48. The first-order valence-corrected chi connectivity index (χ1v) is 7.91. The van der Waals surface area contributed by atoms with E-state index in [1.165, 1.54) is 5.56 Å². The van der Waals surface area contributed by atoms with Crippen molar-refractivity contribution in [3.05, 3.63) is 59.4 Å². The number of carbonyl (C=O) groups is 1. The Labute approximate surface area is 136 Å². The first-order chi connectivity index (χ1) is 10.9. The van der Waals surface area contributed by atoms with E-state index in [0.717, 1.165) is 23.3 Å². The summed E-state index contributed by atoms with van der Waals surface area (Å²) in [6.07, 6.45) is 4.53. The maximum atomic E-state index is 12.4. The second-order valence-electron chi connectivity index (χ2n) is 6.76. The minimum Gasteiger partial charge on any atom is -0.487 e. The molecule has 0 spiro atoms. The van der Waals surface area contributed by atoms with Crippen molar-refractivity contribution < 1.29 is 9.53 Å². The molecule has 0 saturated heterocycles. The Kier molecular flexibility index (Phi) is 4.07. The van der Waals surface area contributed by atoms with E-state index < -0.39 is 0 Å². The minimum absolute atomic E-state index is 0.0198. The van der Waals surface area contributed by atoms with Crippen molar-refractivity contribution in [1.82, 2.24) is 10.3 Å². The molecule has 1 aliphatic heterocycles. The van der Waals surface area contributed by atoms with Gasteiger partial charge in [0.25, 0.3) is 0 Å². The molecule has 0 saturated carbocycles. The van der Waals surface area contributed by atoms with Crippen LogP contribution in [0.5, 0.6) is 5.75 Å². The molecule has 4 heteroatoms. The van der Waals surface area contributed by atoms with Crippen LogP contribution in [-0.4, -0.2) is 16.5 Å². The zero-order valence-electron chi connectivity index (χ0n) is 13.8. The average molecular weight is 310 g/mol. The highest BCUT2D eigenvalue weighted by Crippen LogP contribution is 2.39. The number of aryl methyl sites for hydroxylation is 1. The monoisotopic (exact) mass is 310 g/mol. The summed E-state index contributed by atoms with van der Waals surface area (Å²) >= 11 is 0. The number of rotatable bonds is 3. The molecular formula is C19H22N2O2. The Hall–Kier alpha value is -2.36. The van der Waals surface area contributed by atoms with Gasteiger partial charge < -0.3 is 10.1 Å². The van der Waals surface area contributed by atoms with E-state index in [9.17, 15) is 4.79 Å². The summed E-state index contributed by atoms with van der Waals surface area (Å²) in [6.45, 7) is 6.16. The van der Waals surface area contributed by atoms with Gasteiger partial charge in [-0.3, -0.25) is 9.78 Å². The maximum absolute atomic E-state index is 12.4. The lowest BCUT2D eigenvalue weighted by Crippen LogP contribution is -2.41. The third-order valence-corrected chi connectivity index (χ3v) is 4.07. The molecule has 0 bridgehead atoms. The van der Waals surface area contributed by atoms with E-state index in [4.69, 9.17) is 4.74 Å². The number of hydrogen-bond donors (Lipinski definition) is 1. The smallest absolute Gasteiger partial charge is 0.224 e. The summed E-state index contributed by atoms with van der Waals surface area (Å²) in [4.78, 5) is 16.4. The predicted molar refractivity (Wildman–Crippen MR) is 89.3 cm³/mol. The van der Waals surface area contributed by atoms with Crippen LogP contribution < -0.4 is 10.1 Å². The van der Waals surface area contributed by atoms with Gasteiger partial charge in [-0.2, -0.15) is 0 Å². The molecule has 1 amide bonds. The molecule has 1 aliphatic rings. The van der Waals surface area contributed by atoms with Crippen LogP contribution in [0.15, 0.2) is 42.7 Å². The summed E-state index contributed by atoms with van der Waals surface area (Å²) in [6, 6.07) is 9.84. The van der Waals surface area contributed by atoms with Gasteiger partial charge in [-0.15, -0.1) is 0 Å².